The maximum Gasteiger partial charge on any atom is 0.264 e. The van der Waals surface area contributed by atoms with Gasteiger partial charge in [-0.25, -0.2) is 0 Å². The molecule has 0 saturated carbocycles. The first kappa shape index (κ1) is 18.2. The van der Waals surface area contributed by atoms with Crippen LogP contribution in [0.3, 0.4) is 0 Å². The first-order valence-corrected chi connectivity index (χ1v) is 7.67. The summed E-state index contributed by atoms with van der Waals surface area (Å²) in [5, 5.41) is 5.26. The maximum atomic E-state index is 11.9. The van der Waals surface area contributed by atoms with Gasteiger partial charge in [0.05, 0.1) is 18.4 Å². The standard InChI is InChI=1S/C17H17N3O4S/c1-23-13-8-4-5-9-14(13)24-10-15(21)20-17(25)19-12-7-3-2-6-11(12)16(18)22/h2-9H,10H2,1H3,(H2,18,22)(H2,19,20,21,25). The molecule has 0 bridgehead atoms. The molecule has 0 aliphatic carbocycles. The zero-order valence-electron chi connectivity index (χ0n) is 13.4. The summed E-state index contributed by atoms with van der Waals surface area (Å²) >= 11 is 5.06. The van der Waals surface area contributed by atoms with E-state index in [0.717, 1.165) is 0 Å². The smallest absolute Gasteiger partial charge is 0.264 e. The molecule has 4 N–H and O–H groups in total. The number of hydrogen-bond acceptors (Lipinski definition) is 5. The second-order valence-electron chi connectivity index (χ2n) is 4.85. The zero-order chi connectivity index (χ0) is 18.2. The van der Waals surface area contributed by atoms with E-state index < -0.39 is 11.8 Å². The normalized spacial score (nSPS) is 9.80. The summed E-state index contributed by atoms with van der Waals surface area (Å²) in [4.78, 5) is 23.3. The molecule has 2 rings (SSSR count). The Balaban J connectivity index is 1.90. The highest BCUT2D eigenvalue weighted by Gasteiger charge is 2.11. The van der Waals surface area contributed by atoms with Crippen molar-refractivity contribution in [2.75, 3.05) is 19.0 Å². The molecule has 0 unspecified atom stereocenters. The number of carbonyl (C=O) groups is 2. The van der Waals surface area contributed by atoms with Crippen LogP contribution in [0, 0.1) is 0 Å². The molecule has 0 aliphatic rings. The third-order valence-electron chi connectivity index (χ3n) is 3.12. The number of nitrogens with two attached hydrogens (primary N) is 1. The van der Waals surface area contributed by atoms with Gasteiger partial charge in [-0.3, -0.25) is 14.9 Å². The molecule has 130 valence electrons. The van der Waals surface area contributed by atoms with Gasteiger partial charge >= 0.3 is 0 Å². The lowest BCUT2D eigenvalue weighted by molar-refractivity contribution is -0.121. The number of hydrogen-bond donors (Lipinski definition) is 3. The third kappa shape index (κ3) is 5.18. The molecule has 8 heteroatoms. The monoisotopic (exact) mass is 359 g/mol. The summed E-state index contributed by atoms with van der Waals surface area (Å²) in [5.41, 5.74) is 5.97. The number of benzene rings is 2. The van der Waals surface area contributed by atoms with E-state index in [1.165, 1.54) is 7.11 Å². The van der Waals surface area contributed by atoms with Gasteiger partial charge < -0.3 is 20.5 Å². The number of rotatable bonds is 6. The summed E-state index contributed by atoms with van der Waals surface area (Å²) in [7, 11) is 1.51. The average molecular weight is 359 g/mol. The molecule has 2 aromatic rings. The molecule has 0 atom stereocenters. The minimum Gasteiger partial charge on any atom is -0.493 e. The second-order valence-corrected chi connectivity index (χ2v) is 5.26. The molecule has 0 fully saturated rings. The Labute approximate surface area is 150 Å². The lowest BCUT2D eigenvalue weighted by atomic mass is 10.1. The van der Waals surface area contributed by atoms with Crippen molar-refractivity contribution in [2.24, 2.45) is 5.73 Å². The number of anilines is 1. The number of thiocarbonyl (C=S) groups is 1. The van der Waals surface area contributed by atoms with Crippen molar-refractivity contribution in [1.82, 2.24) is 5.32 Å². The van der Waals surface area contributed by atoms with Crippen LogP contribution in [0.1, 0.15) is 10.4 Å². The Morgan fingerprint density at radius 2 is 1.72 bits per heavy atom. The van der Waals surface area contributed by atoms with E-state index in [2.05, 4.69) is 10.6 Å². The van der Waals surface area contributed by atoms with Crippen molar-refractivity contribution in [1.29, 1.82) is 0 Å². The Morgan fingerprint density at radius 1 is 1.08 bits per heavy atom. The summed E-state index contributed by atoms with van der Waals surface area (Å²) in [6, 6.07) is 13.5. The minimum atomic E-state index is -0.600. The molecule has 2 amide bonds. The van der Waals surface area contributed by atoms with Gasteiger partial charge in [-0.05, 0) is 36.5 Å². The highest BCUT2D eigenvalue weighted by Crippen LogP contribution is 2.25. The van der Waals surface area contributed by atoms with Gasteiger partial charge in [0.2, 0.25) is 0 Å². The van der Waals surface area contributed by atoms with E-state index in [-0.39, 0.29) is 17.3 Å². The fourth-order valence-electron chi connectivity index (χ4n) is 2.00. The van der Waals surface area contributed by atoms with Crippen molar-refractivity contribution in [3.63, 3.8) is 0 Å². The van der Waals surface area contributed by atoms with Crippen LogP contribution in [0.2, 0.25) is 0 Å². The van der Waals surface area contributed by atoms with Crippen molar-refractivity contribution in [3.8, 4) is 11.5 Å². The van der Waals surface area contributed by atoms with Crippen molar-refractivity contribution in [2.45, 2.75) is 0 Å². The predicted molar refractivity (Wildman–Crippen MR) is 97.8 cm³/mol. The first-order chi connectivity index (χ1) is 12.0. The van der Waals surface area contributed by atoms with Crippen LogP contribution in [0.25, 0.3) is 0 Å². The number of primary amides is 1. The topological polar surface area (TPSA) is 103 Å². The highest BCUT2D eigenvalue weighted by atomic mass is 32.1. The molecule has 2 aromatic carbocycles. The average Bonchev–Trinajstić information content (AvgIpc) is 2.60. The van der Waals surface area contributed by atoms with Crippen molar-refractivity contribution in [3.05, 3.63) is 54.1 Å². The van der Waals surface area contributed by atoms with Crippen LogP contribution < -0.4 is 25.8 Å². The van der Waals surface area contributed by atoms with Gasteiger partial charge in [0.25, 0.3) is 11.8 Å². The van der Waals surface area contributed by atoms with Gasteiger partial charge in [0.1, 0.15) is 0 Å². The van der Waals surface area contributed by atoms with Crippen molar-refractivity contribution >= 4 is 34.8 Å². The van der Waals surface area contributed by atoms with E-state index in [1.54, 1.807) is 48.5 Å². The first-order valence-electron chi connectivity index (χ1n) is 7.26. The summed E-state index contributed by atoms with van der Waals surface area (Å²) < 4.78 is 10.5. The largest absolute Gasteiger partial charge is 0.493 e. The molecular weight excluding hydrogens is 342 g/mol. The van der Waals surface area contributed by atoms with Gasteiger partial charge in [-0.1, -0.05) is 24.3 Å². The fourth-order valence-corrected chi connectivity index (χ4v) is 2.23. The van der Waals surface area contributed by atoms with Crippen LogP contribution in [-0.2, 0) is 4.79 Å². The van der Waals surface area contributed by atoms with Crippen LogP contribution in [-0.4, -0.2) is 30.6 Å². The SMILES string of the molecule is COc1ccccc1OCC(=O)NC(=S)Nc1ccccc1C(N)=O. The molecule has 0 radical (unpaired) electrons. The number of amides is 2. The van der Waals surface area contributed by atoms with Crippen LogP contribution in [0.4, 0.5) is 5.69 Å². The van der Waals surface area contributed by atoms with Gasteiger partial charge in [0.15, 0.2) is 23.2 Å². The Kier molecular flexibility index (Phi) is 6.30. The fraction of sp³-hybridized carbons (Fsp3) is 0.118. The predicted octanol–water partition coefficient (Wildman–Crippen LogP) is 1.69. The molecule has 0 saturated heterocycles. The number of methoxy groups -OCH3 is 1. The van der Waals surface area contributed by atoms with Crippen LogP contribution in [0.5, 0.6) is 11.5 Å². The maximum absolute atomic E-state index is 11.9. The van der Waals surface area contributed by atoms with Crippen LogP contribution >= 0.6 is 12.2 Å². The Morgan fingerprint density at radius 3 is 2.40 bits per heavy atom. The van der Waals surface area contributed by atoms with Gasteiger partial charge in [0, 0.05) is 0 Å². The van der Waals surface area contributed by atoms with Crippen molar-refractivity contribution < 1.29 is 19.1 Å². The zero-order valence-corrected chi connectivity index (χ0v) is 14.3. The number of ether oxygens (including phenoxy) is 2. The lowest BCUT2D eigenvalue weighted by Crippen LogP contribution is -2.37. The van der Waals surface area contributed by atoms with E-state index in [4.69, 9.17) is 27.4 Å². The van der Waals surface area contributed by atoms with E-state index in [9.17, 15) is 9.59 Å². The lowest BCUT2D eigenvalue weighted by Gasteiger charge is -2.13. The highest BCUT2D eigenvalue weighted by molar-refractivity contribution is 7.80. The van der Waals surface area contributed by atoms with E-state index >= 15 is 0 Å². The van der Waals surface area contributed by atoms with E-state index in [1.807, 2.05) is 0 Å². The van der Waals surface area contributed by atoms with Crippen LogP contribution in [0.15, 0.2) is 48.5 Å². The molecule has 0 aromatic heterocycles. The summed E-state index contributed by atoms with van der Waals surface area (Å²) in [5.74, 6) is -0.0961. The van der Waals surface area contributed by atoms with Gasteiger partial charge in [-0.2, -0.15) is 0 Å². The quantitative estimate of drug-likeness (QED) is 0.678. The summed E-state index contributed by atoms with van der Waals surface area (Å²) in [6.07, 6.45) is 0. The Bertz CT molecular complexity index is 795. The second kappa shape index (κ2) is 8.65. The molecule has 0 aliphatic heterocycles. The molecule has 0 heterocycles. The number of para-hydroxylation sites is 3. The molecule has 25 heavy (non-hydrogen) atoms. The molecular formula is C17H17N3O4S. The summed E-state index contributed by atoms with van der Waals surface area (Å²) in [6.45, 7) is -0.250. The molecule has 0 spiro atoms. The third-order valence-corrected chi connectivity index (χ3v) is 3.33. The van der Waals surface area contributed by atoms with E-state index in [0.29, 0.717) is 17.2 Å². The molecule has 7 nitrogen and oxygen atoms in total. The minimum absolute atomic E-state index is 0.0299. The number of nitrogens with one attached hydrogen (secondary N) is 2. The van der Waals surface area contributed by atoms with Gasteiger partial charge in [-0.15, -0.1) is 0 Å². The Hall–Kier alpha value is -3.13. The number of carbonyl (C=O) groups excluding carboxylic acids is 2.